The minimum Gasteiger partial charge on any atom is -0.468 e. The highest BCUT2D eigenvalue weighted by molar-refractivity contribution is 5.42. The fourth-order valence-electron chi connectivity index (χ4n) is 2.42. The topological polar surface area (TPSA) is 81.6 Å². The highest BCUT2D eigenvalue weighted by Crippen LogP contribution is 2.20. The van der Waals surface area contributed by atoms with Crippen LogP contribution in [0.2, 0.25) is 0 Å². The maximum atomic E-state index is 5.68. The van der Waals surface area contributed by atoms with E-state index in [1.54, 1.807) is 30.9 Å². The van der Waals surface area contributed by atoms with E-state index in [-0.39, 0.29) is 0 Å². The first kappa shape index (κ1) is 14.5. The van der Waals surface area contributed by atoms with Gasteiger partial charge < -0.3 is 17.7 Å². The predicted octanol–water partition coefficient (Wildman–Crippen LogP) is 3.72. The molecule has 0 saturated heterocycles. The van der Waals surface area contributed by atoms with Crippen LogP contribution in [0.25, 0.3) is 11.7 Å². The Balaban J connectivity index is 1.50. The number of aromatic nitrogens is 2. The zero-order valence-electron chi connectivity index (χ0n) is 12.8. The van der Waals surface area contributed by atoms with E-state index in [9.17, 15) is 0 Å². The lowest BCUT2D eigenvalue weighted by atomic mass is 10.3. The molecule has 0 aliphatic heterocycles. The Bertz CT molecular complexity index is 812. The Hall–Kier alpha value is -3.06. The van der Waals surface area contributed by atoms with E-state index in [4.69, 9.17) is 17.7 Å². The summed E-state index contributed by atoms with van der Waals surface area (Å²) in [6.45, 7) is 1.67. The van der Waals surface area contributed by atoms with Gasteiger partial charge in [0.05, 0.1) is 38.4 Å². The summed E-state index contributed by atoms with van der Waals surface area (Å²) >= 11 is 0. The summed E-state index contributed by atoms with van der Waals surface area (Å²) in [5.41, 5.74) is 0. The van der Waals surface area contributed by atoms with Crippen LogP contribution in [-0.2, 0) is 19.6 Å². The second kappa shape index (κ2) is 6.59. The molecular weight excluding hydrogens is 310 g/mol. The van der Waals surface area contributed by atoms with Gasteiger partial charge in [0.2, 0.25) is 5.89 Å². The van der Waals surface area contributed by atoms with Gasteiger partial charge in [-0.15, -0.1) is 10.2 Å². The monoisotopic (exact) mass is 325 g/mol. The van der Waals surface area contributed by atoms with Gasteiger partial charge in [0.1, 0.15) is 11.5 Å². The number of hydrogen-bond acceptors (Lipinski definition) is 7. The minimum atomic E-state index is 0.367. The second-order valence-corrected chi connectivity index (χ2v) is 5.28. The second-order valence-electron chi connectivity index (χ2n) is 5.28. The van der Waals surface area contributed by atoms with Crippen molar-refractivity contribution in [1.29, 1.82) is 0 Å². The fourth-order valence-corrected chi connectivity index (χ4v) is 2.42. The summed E-state index contributed by atoms with van der Waals surface area (Å²) in [6, 6.07) is 11.1. The summed E-state index contributed by atoms with van der Waals surface area (Å²) in [5.74, 6) is 3.13. The molecule has 0 aliphatic carbocycles. The molecule has 7 nitrogen and oxygen atoms in total. The molecule has 0 spiro atoms. The SMILES string of the molecule is c1coc(CN(Cc2ccco2)Cc2nnc(-c3ccco3)o2)c1. The van der Waals surface area contributed by atoms with Crippen LogP contribution >= 0.6 is 0 Å². The third-order valence-electron chi connectivity index (χ3n) is 3.48. The largest absolute Gasteiger partial charge is 0.468 e. The zero-order valence-corrected chi connectivity index (χ0v) is 12.8. The lowest BCUT2D eigenvalue weighted by molar-refractivity contribution is 0.191. The average molecular weight is 325 g/mol. The molecule has 4 heterocycles. The van der Waals surface area contributed by atoms with E-state index < -0.39 is 0 Å². The van der Waals surface area contributed by atoms with E-state index in [2.05, 4.69) is 15.1 Å². The molecule has 0 N–H and O–H groups in total. The van der Waals surface area contributed by atoms with Crippen molar-refractivity contribution in [2.24, 2.45) is 0 Å². The molecule has 4 rings (SSSR count). The Morgan fingerprint density at radius 2 is 1.42 bits per heavy atom. The molecule has 7 heteroatoms. The van der Waals surface area contributed by atoms with Crippen LogP contribution in [0.5, 0.6) is 0 Å². The van der Waals surface area contributed by atoms with Gasteiger partial charge in [0, 0.05) is 0 Å². The number of furan rings is 3. The van der Waals surface area contributed by atoms with E-state index >= 15 is 0 Å². The molecule has 0 radical (unpaired) electrons. The molecule has 0 fully saturated rings. The van der Waals surface area contributed by atoms with Crippen molar-refractivity contribution in [3.05, 3.63) is 72.6 Å². The first-order chi connectivity index (χ1) is 11.9. The van der Waals surface area contributed by atoms with Gasteiger partial charge in [-0.25, -0.2) is 0 Å². The standard InChI is InChI=1S/C17H15N3O4/c1-4-13(21-7-1)10-20(11-14-5-2-8-22-14)12-16-18-19-17(24-16)15-6-3-9-23-15/h1-9H,10-12H2. The molecule has 122 valence electrons. The van der Waals surface area contributed by atoms with E-state index in [0.29, 0.717) is 37.2 Å². The summed E-state index contributed by atoms with van der Waals surface area (Å²) in [4.78, 5) is 2.09. The van der Waals surface area contributed by atoms with Crippen LogP contribution in [0.1, 0.15) is 17.4 Å². The zero-order chi connectivity index (χ0) is 16.2. The lowest BCUT2D eigenvalue weighted by Gasteiger charge is -2.17. The van der Waals surface area contributed by atoms with Crippen molar-refractivity contribution >= 4 is 0 Å². The Morgan fingerprint density at radius 3 is 2.00 bits per heavy atom. The van der Waals surface area contributed by atoms with Gasteiger partial charge in [-0.05, 0) is 36.4 Å². The van der Waals surface area contributed by atoms with Crippen LogP contribution in [0.3, 0.4) is 0 Å². The van der Waals surface area contributed by atoms with E-state index in [0.717, 1.165) is 11.5 Å². The molecule has 24 heavy (non-hydrogen) atoms. The third kappa shape index (κ3) is 3.31. The van der Waals surface area contributed by atoms with Gasteiger partial charge in [-0.1, -0.05) is 0 Å². The molecule has 4 aromatic rings. The third-order valence-corrected chi connectivity index (χ3v) is 3.48. The Morgan fingerprint density at radius 1 is 0.750 bits per heavy atom. The number of nitrogens with zero attached hydrogens (tertiary/aromatic N) is 3. The van der Waals surface area contributed by atoms with Crippen LogP contribution in [0.4, 0.5) is 0 Å². The van der Waals surface area contributed by atoms with E-state index in [1.807, 2.05) is 24.3 Å². The van der Waals surface area contributed by atoms with E-state index in [1.165, 1.54) is 0 Å². The van der Waals surface area contributed by atoms with Crippen molar-refractivity contribution in [3.63, 3.8) is 0 Å². The number of rotatable bonds is 7. The van der Waals surface area contributed by atoms with Crippen LogP contribution in [0, 0.1) is 0 Å². The average Bonchev–Trinajstić information content (AvgIpc) is 3.37. The van der Waals surface area contributed by atoms with Crippen molar-refractivity contribution in [2.45, 2.75) is 19.6 Å². The Labute approximate surface area is 137 Å². The van der Waals surface area contributed by atoms with Gasteiger partial charge in [0.15, 0.2) is 5.76 Å². The molecule has 0 aliphatic rings. The molecule has 0 saturated carbocycles. The fraction of sp³-hybridized carbons (Fsp3) is 0.176. The van der Waals surface area contributed by atoms with Crippen LogP contribution < -0.4 is 0 Å². The summed E-state index contributed by atoms with van der Waals surface area (Å²) < 4.78 is 21.8. The first-order valence-corrected chi connectivity index (χ1v) is 7.50. The predicted molar refractivity (Wildman–Crippen MR) is 82.4 cm³/mol. The van der Waals surface area contributed by atoms with Gasteiger partial charge in [-0.2, -0.15) is 0 Å². The smallest absolute Gasteiger partial charge is 0.283 e. The normalized spacial score (nSPS) is 11.4. The van der Waals surface area contributed by atoms with Crippen molar-refractivity contribution in [3.8, 4) is 11.7 Å². The molecule has 0 bridgehead atoms. The first-order valence-electron chi connectivity index (χ1n) is 7.50. The summed E-state index contributed by atoms with van der Waals surface area (Å²) in [7, 11) is 0. The van der Waals surface area contributed by atoms with Crippen molar-refractivity contribution < 1.29 is 17.7 Å². The molecular formula is C17H15N3O4. The Kier molecular flexibility index (Phi) is 3.99. The highest BCUT2D eigenvalue weighted by Gasteiger charge is 2.16. The van der Waals surface area contributed by atoms with Crippen molar-refractivity contribution in [1.82, 2.24) is 15.1 Å². The van der Waals surface area contributed by atoms with Gasteiger partial charge in [0.25, 0.3) is 5.89 Å². The summed E-state index contributed by atoms with van der Waals surface area (Å²) in [6.07, 6.45) is 4.88. The number of hydrogen-bond donors (Lipinski definition) is 0. The van der Waals surface area contributed by atoms with Crippen LogP contribution in [0.15, 0.2) is 72.9 Å². The van der Waals surface area contributed by atoms with Crippen molar-refractivity contribution in [2.75, 3.05) is 0 Å². The minimum absolute atomic E-state index is 0.367. The molecule has 0 atom stereocenters. The quantitative estimate of drug-likeness (QED) is 0.512. The van der Waals surface area contributed by atoms with Gasteiger partial charge >= 0.3 is 0 Å². The maximum Gasteiger partial charge on any atom is 0.283 e. The molecule has 4 aromatic heterocycles. The highest BCUT2D eigenvalue weighted by atomic mass is 16.4. The van der Waals surface area contributed by atoms with Crippen LogP contribution in [-0.4, -0.2) is 15.1 Å². The molecule has 0 unspecified atom stereocenters. The summed E-state index contributed by atoms with van der Waals surface area (Å²) in [5, 5.41) is 8.11. The molecule has 0 amide bonds. The maximum absolute atomic E-state index is 5.68. The van der Waals surface area contributed by atoms with Gasteiger partial charge in [-0.3, -0.25) is 4.90 Å². The molecule has 0 aromatic carbocycles. The lowest BCUT2D eigenvalue weighted by Crippen LogP contribution is -2.22.